The fourth-order valence-electron chi connectivity index (χ4n) is 2.78. The number of hydrogen-bond donors (Lipinski definition) is 0. The number of hydrogen-bond acceptors (Lipinski definition) is 6. The van der Waals surface area contributed by atoms with Gasteiger partial charge in [0, 0.05) is 6.54 Å². The van der Waals surface area contributed by atoms with Crippen LogP contribution in [0.3, 0.4) is 0 Å². The minimum absolute atomic E-state index is 0.127. The normalized spacial score (nSPS) is 14.8. The maximum Gasteiger partial charge on any atom is 0.358 e. The van der Waals surface area contributed by atoms with E-state index in [2.05, 4.69) is 9.84 Å². The molecule has 8 nitrogen and oxygen atoms in total. The first-order chi connectivity index (χ1) is 11.9. The average Bonchev–Trinajstić information content (AvgIpc) is 3.03. The van der Waals surface area contributed by atoms with Gasteiger partial charge in [-0.1, -0.05) is 6.07 Å². The topological polar surface area (TPSA) is 90.7 Å². The Balaban J connectivity index is 1.93. The van der Waals surface area contributed by atoms with Crippen molar-refractivity contribution in [2.75, 3.05) is 20.8 Å². The number of esters is 1. The van der Waals surface area contributed by atoms with E-state index in [1.165, 1.54) is 18.5 Å². The van der Waals surface area contributed by atoms with E-state index >= 15 is 0 Å². The van der Waals surface area contributed by atoms with Crippen LogP contribution in [-0.4, -0.2) is 49.2 Å². The highest BCUT2D eigenvalue weighted by molar-refractivity contribution is 7.89. The van der Waals surface area contributed by atoms with E-state index < -0.39 is 16.0 Å². The Hall–Kier alpha value is -2.39. The summed E-state index contributed by atoms with van der Waals surface area (Å²) >= 11 is 0. The summed E-state index contributed by atoms with van der Waals surface area (Å²) < 4.78 is 38.9. The molecule has 0 N–H and O–H groups in total. The van der Waals surface area contributed by atoms with Crippen LogP contribution < -0.4 is 4.74 Å². The largest absolute Gasteiger partial charge is 0.495 e. The SMILES string of the molecule is COC(=O)c1cc2n(n1)CCN(S(=O)(=O)c1ccc(C)cc1OC)C2. The van der Waals surface area contributed by atoms with Crippen LogP contribution in [0.15, 0.2) is 29.2 Å². The molecule has 0 saturated carbocycles. The predicted octanol–water partition coefficient (Wildman–Crippen LogP) is 1.19. The highest BCUT2D eigenvalue weighted by atomic mass is 32.2. The van der Waals surface area contributed by atoms with Gasteiger partial charge in [-0.25, -0.2) is 13.2 Å². The van der Waals surface area contributed by atoms with Crippen LogP contribution in [0.1, 0.15) is 21.7 Å². The lowest BCUT2D eigenvalue weighted by molar-refractivity contribution is 0.0593. The molecule has 0 atom stereocenters. The fourth-order valence-corrected chi connectivity index (χ4v) is 4.32. The van der Waals surface area contributed by atoms with Crippen molar-refractivity contribution >= 4 is 16.0 Å². The van der Waals surface area contributed by atoms with Crippen LogP contribution in [0.25, 0.3) is 0 Å². The first kappa shape index (κ1) is 17.4. The zero-order chi connectivity index (χ0) is 18.2. The summed E-state index contributed by atoms with van der Waals surface area (Å²) in [6, 6.07) is 6.53. The van der Waals surface area contributed by atoms with Gasteiger partial charge < -0.3 is 9.47 Å². The molecule has 0 unspecified atom stereocenters. The molecule has 25 heavy (non-hydrogen) atoms. The number of sulfonamides is 1. The molecule has 134 valence electrons. The number of aromatic nitrogens is 2. The van der Waals surface area contributed by atoms with Crippen molar-refractivity contribution in [2.24, 2.45) is 0 Å². The van der Waals surface area contributed by atoms with Crippen molar-refractivity contribution in [1.82, 2.24) is 14.1 Å². The Bertz CT molecular complexity index is 920. The molecular formula is C16H19N3O5S. The monoisotopic (exact) mass is 365 g/mol. The molecule has 9 heteroatoms. The Morgan fingerprint density at radius 1 is 1.20 bits per heavy atom. The van der Waals surface area contributed by atoms with Crippen LogP contribution in [0, 0.1) is 6.92 Å². The van der Waals surface area contributed by atoms with Crippen molar-refractivity contribution in [3.63, 3.8) is 0 Å². The van der Waals surface area contributed by atoms with Gasteiger partial charge in [0.05, 0.1) is 33.0 Å². The van der Waals surface area contributed by atoms with Crippen LogP contribution in [0.4, 0.5) is 0 Å². The van der Waals surface area contributed by atoms with E-state index in [0.717, 1.165) is 5.56 Å². The zero-order valence-electron chi connectivity index (χ0n) is 14.2. The second-order valence-corrected chi connectivity index (χ2v) is 7.63. The Morgan fingerprint density at radius 2 is 1.96 bits per heavy atom. The fraction of sp³-hybridized carbons (Fsp3) is 0.375. The van der Waals surface area contributed by atoms with Crippen molar-refractivity contribution < 1.29 is 22.7 Å². The van der Waals surface area contributed by atoms with Gasteiger partial charge in [0.25, 0.3) is 0 Å². The van der Waals surface area contributed by atoms with Gasteiger partial charge in [0.2, 0.25) is 10.0 Å². The number of benzene rings is 1. The number of ether oxygens (including phenoxy) is 2. The van der Waals surface area contributed by atoms with E-state index in [4.69, 9.17) is 4.74 Å². The zero-order valence-corrected chi connectivity index (χ0v) is 15.0. The summed E-state index contributed by atoms with van der Waals surface area (Å²) in [5, 5.41) is 4.15. The van der Waals surface area contributed by atoms with Gasteiger partial charge in [-0.2, -0.15) is 9.40 Å². The molecule has 3 rings (SSSR count). The minimum Gasteiger partial charge on any atom is -0.495 e. The number of nitrogens with zero attached hydrogens (tertiary/aromatic N) is 3. The van der Waals surface area contributed by atoms with Crippen molar-refractivity contribution in [3.05, 3.63) is 41.2 Å². The molecule has 0 spiro atoms. The van der Waals surface area contributed by atoms with E-state index in [-0.39, 0.29) is 23.7 Å². The van der Waals surface area contributed by atoms with E-state index in [0.29, 0.717) is 18.0 Å². The third-order valence-electron chi connectivity index (χ3n) is 4.09. The van der Waals surface area contributed by atoms with E-state index in [1.54, 1.807) is 28.9 Å². The minimum atomic E-state index is -3.73. The van der Waals surface area contributed by atoms with Gasteiger partial charge in [-0.3, -0.25) is 4.68 Å². The third kappa shape index (κ3) is 3.12. The van der Waals surface area contributed by atoms with Crippen LogP contribution in [-0.2, 0) is 27.8 Å². The molecule has 0 aliphatic carbocycles. The first-order valence-corrected chi connectivity index (χ1v) is 9.10. The highest BCUT2D eigenvalue weighted by Gasteiger charge is 2.32. The maximum absolute atomic E-state index is 13.0. The molecule has 1 aliphatic heterocycles. The van der Waals surface area contributed by atoms with Gasteiger partial charge in [0.15, 0.2) is 5.69 Å². The van der Waals surface area contributed by atoms with Crippen molar-refractivity contribution in [1.29, 1.82) is 0 Å². The first-order valence-electron chi connectivity index (χ1n) is 7.66. The maximum atomic E-state index is 13.0. The molecule has 0 fully saturated rings. The number of fused-ring (bicyclic) bond motifs is 1. The second-order valence-electron chi connectivity index (χ2n) is 5.73. The molecule has 0 radical (unpaired) electrons. The van der Waals surface area contributed by atoms with Crippen LogP contribution in [0.2, 0.25) is 0 Å². The van der Waals surface area contributed by atoms with Gasteiger partial charge in [-0.15, -0.1) is 0 Å². The number of carbonyl (C=O) groups is 1. The third-order valence-corrected chi connectivity index (χ3v) is 5.98. The summed E-state index contributed by atoms with van der Waals surface area (Å²) in [5.41, 5.74) is 1.72. The van der Waals surface area contributed by atoms with Crippen molar-refractivity contribution in [2.45, 2.75) is 24.9 Å². The average molecular weight is 365 g/mol. The van der Waals surface area contributed by atoms with E-state index in [1.807, 2.05) is 6.92 Å². The number of aryl methyl sites for hydroxylation is 1. The molecule has 1 aromatic carbocycles. The van der Waals surface area contributed by atoms with Gasteiger partial charge >= 0.3 is 5.97 Å². The Kier molecular flexibility index (Phi) is 4.53. The molecule has 2 heterocycles. The lowest BCUT2D eigenvalue weighted by Gasteiger charge is -2.27. The highest BCUT2D eigenvalue weighted by Crippen LogP contribution is 2.29. The predicted molar refractivity (Wildman–Crippen MR) is 88.9 cm³/mol. The number of rotatable bonds is 4. The molecule has 2 aromatic rings. The molecular weight excluding hydrogens is 346 g/mol. The molecule has 0 amide bonds. The Labute approximate surface area is 146 Å². The Morgan fingerprint density at radius 3 is 2.64 bits per heavy atom. The molecule has 1 aromatic heterocycles. The van der Waals surface area contributed by atoms with Crippen LogP contribution >= 0.6 is 0 Å². The van der Waals surface area contributed by atoms with Gasteiger partial charge in [0.1, 0.15) is 10.6 Å². The standard InChI is InChI=1S/C16H19N3O5S/c1-11-4-5-15(14(8-11)23-2)25(21,22)18-6-7-19-12(10-18)9-13(17-19)16(20)24-3/h4-5,8-9H,6-7,10H2,1-3H3. The van der Waals surface area contributed by atoms with Crippen LogP contribution in [0.5, 0.6) is 5.75 Å². The van der Waals surface area contributed by atoms with E-state index in [9.17, 15) is 13.2 Å². The molecule has 0 bridgehead atoms. The lowest BCUT2D eigenvalue weighted by atomic mass is 10.2. The number of methoxy groups -OCH3 is 2. The molecule has 1 aliphatic rings. The second kappa shape index (κ2) is 6.49. The summed E-state index contributed by atoms with van der Waals surface area (Å²) in [6.45, 7) is 2.62. The quantitative estimate of drug-likeness (QED) is 0.756. The van der Waals surface area contributed by atoms with Gasteiger partial charge in [-0.05, 0) is 30.7 Å². The smallest absolute Gasteiger partial charge is 0.358 e. The summed E-state index contributed by atoms with van der Waals surface area (Å²) in [4.78, 5) is 11.7. The number of carbonyl (C=O) groups excluding carboxylic acids is 1. The summed E-state index contributed by atoms with van der Waals surface area (Å²) in [5.74, 6) is -0.231. The summed E-state index contributed by atoms with van der Waals surface area (Å²) in [7, 11) is -1.00. The lowest BCUT2D eigenvalue weighted by Crippen LogP contribution is -2.38. The summed E-state index contributed by atoms with van der Waals surface area (Å²) in [6.07, 6.45) is 0. The van der Waals surface area contributed by atoms with Crippen molar-refractivity contribution in [3.8, 4) is 5.75 Å². The molecule has 0 saturated heterocycles.